The van der Waals surface area contributed by atoms with Crippen molar-refractivity contribution in [1.29, 1.82) is 0 Å². The maximum absolute atomic E-state index is 14.3. The number of rotatable bonds is 10. The van der Waals surface area contributed by atoms with E-state index in [0.29, 0.717) is 16.9 Å². The number of carbonyl (C=O) groups is 3. The van der Waals surface area contributed by atoms with Crippen LogP contribution >= 0.6 is 0 Å². The Balaban J connectivity index is 1.50. The number of carboxylic acid groups (broad SMARTS) is 1. The van der Waals surface area contributed by atoms with Gasteiger partial charge in [-0.05, 0) is 35.4 Å². The van der Waals surface area contributed by atoms with Crippen molar-refractivity contribution in [2.75, 3.05) is 12.0 Å². The lowest BCUT2D eigenvalue weighted by Crippen LogP contribution is -2.57. The maximum Gasteiger partial charge on any atom is 0.325 e. The molecule has 234 valence electrons. The third-order valence-electron chi connectivity index (χ3n) is 8.54. The molecule has 12 heteroatoms. The number of aliphatic carboxylic acids is 1. The highest BCUT2D eigenvalue weighted by Crippen LogP contribution is 2.53. The van der Waals surface area contributed by atoms with Crippen LogP contribution in [0.1, 0.15) is 22.7 Å². The number of para-hydroxylation sites is 1. The monoisotopic (exact) mass is 623 g/mol. The van der Waals surface area contributed by atoms with Gasteiger partial charge in [0.2, 0.25) is 11.8 Å². The topological polar surface area (TPSA) is 169 Å². The van der Waals surface area contributed by atoms with E-state index in [4.69, 9.17) is 9.47 Å². The van der Waals surface area contributed by atoms with E-state index in [0.717, 1.165) is 16.5 Å². The Morgan fingerprint density at radius 1 is 0.957 bits per heavy atom. The van der Waals surface area contributed by atoms with E-state index < -0.39 is 46.1 Å². The van der Waals surface area contributed by atoms with Crippen LogP contribution in [0.25, 0.3) is 0 Å². The zero-order valence-electron chi connectivity index (χ0n) is 24.5. The first-order valence-corrected chi connectivity index (χ1v) is 14.4. The molecule has 4 aromatic carbocycles. The number of hydrogen-bond acceptors (Lipinski definition) is 9. The molecular formula is C34H29N3O9. The molecule has 6 rings (SSSR count). The highest BCUT2D eigenvalue weighted by molar-refractivity contribution is 6.24. The molecule has 0 aliphatic carbocycles. The average Bonchev–Trinajstić information content (AvgIpc) is 3.54. The van der Waals surface area contributed by atoms with Crippen LogP contribution in [0.4, 0.5) is 11.4 Å². The molecule has 2 fully saturated rings. The van der Waals surface area contributed by atoms with Crippen LogP contribution in [-0.4, -0.2) is 45.6 Å². The Morgan fingerprint density at radius 2 is 1.67 bits per heavy atom. The number of phenolic OH excluding ortho intramolecular Hbond substituents is 1. The quantitative estimate of drug-likeness (QED) is 0.131. The summed E-state index contributed by atoms with van der Waals surface area (Å²) in [4.78, 5) is 53.7. The number of nitrogens with one attached hydrogen (secondary N) is 1. The Hall–Kier alpha value is -5.75. The number of carbonyl (C=O) groups excluding carboxylic acids is 2. The molecule has 0 bridgehead atoms. The molecule has 0 saturated carbocycles. The summed E-state index contributed by atoms with van der Waals surface area (Å²) in [6.07, 6.45) is -0.216. The van der Waals surface area contributed by atoms with Crippen LogP contribution in [0.5, 0.6) is 17.2 Å². The lowest BCUT2D eigenvalue weighted by atomic mass is 9.76. The van der Waals surface area contributed by atoms with Gasteiger partial charge in [-0.2, -0.15) is 0 Å². The fourth-order valence-electron chi connectivity index (χ4n) is 6.46. The number of nitrogens with zero attached hydrogens (tertiary/aromatic N) is 2. The molecule has 2 aliphatic heterocycles. The van der Waals surface area contributed by atoms with E-state index in [-0.39, 0.29) is 35.9 Å². The number of fused-ring (bicyclic) bond motifs is 1. The number of amides is 2. The molecule has 4 atom stereocenters. The molecule has 4 aromatic rings. The van der Waals surface area contributed by atoms with E-state index >= 15 is 0 Å². The number of nitro benzene ring substituents is 1. The Labute approximate surface area is 263 Å². The Morgan fingerprint density at radius 3 is 2.35 bits per heavy atom. The summed E-state index contributed by atoms with van der Waals surface area (Å²) in [7, 11) is 1.46. The number of imide groups is 1. The van der Waals surface area contributed by atoms with E-state index in [1.165, 1.54) is 37.4 Å². The second-order valence-corrected chi connectivity index (χ2v) is 11.2. The first kappa shape index (κ1) is 30.3. The Bertz CT molecular complexity index is 1830. The third-order valence-corrected chi connectivity index (χ3v) is 8.54. The lowest BCUT2D eigenvalue weighted by molar-refractivity contribution is -0.384. The zero-order chi connectivity index (χ0) is 32.6. The SMILES string of the molecule is COc1cccc(C2NC(Cc3ccc(O)cc3)(C(=O)O)C3C(=O)N(c4cccc([N+](=O)[O-])c4)C(=O)C23)c1OCc1ccccc1. The molecule has 0 spiro atoms. The van der Waals surface area contributed by atoms with Gasteiger partial charge < -0.3 is 19.7 Å². The molecule has 46 heavy (non-hydrogen) atoms. The minimum atomic E-state index is -1.99. The molecule has 2 amide bonds. The molecule has 12 nitrogen and oxygen atoms in total. The summed E-state index contributed by atoms with van der Waals surface area (Å²) in [5.74, 6) is -4.94. The molecule has 2 saturated heterocycles. The smallest absolute Gasteiger partial charge is 0.325 e. The van der Waals surface area contributed by atoms with Gasteiger partial charge in [0.1, 0.15) is 17.9 Å². The molecule has 3 N–H and O–H groups in total. The number of nitro groups is 1. The summed E-state index contributed by atoms with van der Waals surface area (Å²) in [5, 5.41) is 35.4. The standard InChI is InChI=1S/C34H29N3O9/c1-45-26-12-6-11-25(30(26)46-19-21-7-3-2-4-8-21)29-27-28(34(35-29,33(41)42)18-20-13-15-24(38)16-14-20)32(40)36(31(27)39)22-9-5-10-23(17-22)37(43)44/h2-17,27-29,35,38H,18-19H2,1H3,(H,41,42). The number of methoxy groups -OCH3 is 1. The van der Waals surface area contributed by atoms with Crippen molar-refractivity contribution in [3.05, 3.63) is 124 Å². The van der Waals surface area contributed by atoms with E-state index in [2.05, 4.69) is 5.32 Å². The number of hydrogen-bond donors (Lipinski definition) is 3. The largest absolute Gasteiger partial charge is 0.508 e. The molecular weight excluding hydrogens is 594 g/mol. The van der Waals surface area contributed by atoms with Gasteiger partial charge in [-0.15, -0.1) is 0 Å². The number of benzene rings is 4. The molecule has 2 heterocycles. The molecule has 0 radical (unpaired) electrons. The van der Waals surface area contributed by atoms with Gasteiger partial charge >= 0.3 is 5.97 Å². The summed E-state index contributed by atoms with van der Waals surface area (Å²) in [5.41, 5.74) is -0.606. The average molecular weight is 624 g/mol. The van der Waals surface area contributed by atoms with E-state index in [1.807, 2.05) is 30.3 Å². The third kappa shape index (κ3) is 5.18. The van der Waals surface area contributed by atoms with Crippen molar-refractivity contribution in [1.82, 2.24) is 5.32 Å². The minimum absolute atomic E-state index is 0.0242. The van der Waals surface area contributed by atoms with Gasteiger partial charge in [0.05, 0.1) is 29.6 Å². The summed E-state index contributed by atoms with van der Waals surface area (Å²) in [6, 6.07) is 24.4. The first-order chi connectivity index (χ1) is 22.1. The van der Waals surface area contributed by atoms with Crippen molar-refractivity contribution in [3.63, 3.8) is 0 Å². The van der Waals surface area contributed by atoms with Crippen molar-refractivity contribution < 1.29 is 39.0 Å². The summed E-state index contributed by atoms with van der Waals surface area (Å²) < 4.78 is 11.9. The molecule has 4 unspecified atom stereocenters. The number of carboxylic acids is 1. The Kier molecular flexibility index (Phi) is 7.88. The number of aromatic hydroxyl groups is 1. The minimum Gasteiger partial charge on any atom is -0.508 e. The molecule has 0 aromatic heterocycles. The van der Waals surface area contributed by atoms with Gasteiger partial charge in [0.15, 0.2) is 11.5 Å². The van der Waals surface area contributed by atoms with Gasteiger partial charge in [-0.3, -0.25) is 29.8 Å². The van der Waals surface area contributed by atoms with E-state index in [1.54, 1.807) is 30.3 Å². The van der Waals surface area contributed by atoms with Crippen LogP contribution in [0.3, 0.4) is 0 Å². The zero-order valence-corrected chi connectivity index (χ0v) is 24.5. The lowest BCUT2D eigenvalue weighted by Gasteiger charge is -2.31. The number of phenols is 1. The summed E-state index contributed by atoms with van der Waals surface area (Å²) >= 11 is 0. The first-order valence-electron chi connectivity index (χ1n) is 14.4. The maximum atomic E-state index is 14.3. The molecule has 2 aliphatic rings. The van der Waals surface area contributed by atoms with Crippen molar-refractivity contribution >= 4 is 29.2 Å². The fraction of sp³-hybridized carbons (Fsp3) is 0.206. The predicted molar refractivity (Wildman–Crippen MR) is 164 cm³/mol. The van der Waals surface area contributed by atoms with Crippen molar-refractivity contribution in [2.45, 2.75) is 24.6 Å². The second kappa shape index (κ2) is 12.0. The van der Waals surface area contributed by atoms with Crippen LogP contribution in [-0.2, 0) is 27.4 Å². The van der Waals surface area contributed by atoms with Gasteiger partial charge in [0, 0.05) is 30.2 Å². The van der Waals surface area contributed by atoms with Crippen LogP contribution in [0.2, 0.25) is 0 Å². The fourth-order valence-corrected chi connectivity index (χ4v) is 6.46. The van der Waals surface area contributed by atoms with Crippen molar-refractivity contribution in [3.8, 4) is 17.2 Å². The van der Waals surface area contributed by atoms with Gasteiger partial charge in [-0.1, -0.05) is 60.7 Å². The van der Waals surface area contributed by atoms with Crippen LogP contribution < -0.4 is 19.7 Å². The van der Waals surface area contributed by atoms with Crippen LogP contribution in [0.15, 0.2) is 97.1 Å². The van der Waals surface area contributed by atoms with Crippen LogP contribution in [0, 0.1) is 22.0 Å². The van der Waals surface area contributed by atoms with Gasteiger partial charge in [-0.25, -0.2) is 4.90 Å². The number of ether oxygens (including phenoxy) is 2. The normalized spacial score (nSPS) is 22.0. The van der Waals surface area contributed by atoms with Crippen molar-refractivity contribution in [2.24, 2.45) is 11.8 Å². The van der Waals surface area contributed by atoms with E-state index in [9.17, 15) is 34.7 Å². The number of anilines is 1. The second-order valence-electron chi connectivity index (χ2n) is 11.2. The predicted octanol–water partition coefficient (Wildman–Crippen LogP) is 4.40. The highest BCUT2D eigenvalue weighted by Gasteiger charge is 2.69. The summed E-state index contributed by atoms with van der Waals surface area (Å²) in [6.45, 7) is 0.138. The number of non-ortho nitro benzene ring substituents is 1. The highest BCUT2D eigenvalue weighted by atomic mass is 16.6. The van der Waals surface area contributed by atoms with Gasteiger partial charge in [0.25, 0.3) is 5.69 Å².